The van der Waals surface area contributed by atoms with Gasteiger partial charge in [0.1, 0.15) is 0 Å². The summed E-state index contributed by atoms with van der Waals surface area (Å²) in [5.74, 6) is 0. The fourth-order valence-electron chi connectivity index (χ4n) is 2.46. The SMILES string of the molecule is CN1CN([C]2[CH][CH][CH][CH]2)c2ccccc21.[CH]1[CH][CH][CH][CH]1.[Fe+2]. The molecule has 1 aromatic carbocycles. The van der Waals surface area contributed by atoms with Gasteiger partial charge < -0.3 is 9.80 Å². The number of hydrogen-bond acceptors (Lipinski definition) is 2. The quantitative estimate of drug-likeness (QED) is 0.733. The number of fused-ring (bicyclic) bond motifs is 1. The summed E-state index contributed by atoms with van der Waals surface area (Å²) >= 11 is 0. The molecule has 2 saturated carbocycles. The maximum atomic E-state index is 2.33. The van der Waals surface area contributed by atoms with Crippen LogP contribution in [0.5, 0.6) is 0 Å². The van der Waals surface area contributed by atoms with Crippen LogP contribution >= 0.6 is 0 Å². The second-order valence-electron chi connectivity index (χ2n) is 4.86. The van der Waals surface area contributed by atoms with Crippen molar-refractivity contribution in [1.29, 1.82) is 0 Å². The molecule has 1 aliphatic heterocycles. The first-order chi connectivity index (χ1) is 9.86. The van der Waals surface area contributed by atoms with Crippen molar-refractivity contribution in [2.45, 2.75) is 0 Å². The molecule has 106 valence electrons. The molecule has 10 radical (unpaired) electrons. The number of nitrogens with zero attached hydrogens (tertiary/aromatic N) is 2. The molecule has 4 rings (SSSR count). The molecule has 0 amide bonds. The van der Waals surface area contributed by atoms with E-state index in [9.17, 15) is 0 Å². The molecule has 3 aliphatic rings. The third-order valence-corrected chi connectivity index (χ3v) is 3.45. The Labute approximate surface area is 140 Å². The molecule has 1 aromatic rings. The summed E-state index contributed by atoms with van der Waals surface area (Å²) in [6.07, 6.45) is 18.5. The summed E-state index contributed by atoms with van der Waals surface area (Å²) in [5.41, 5.74) is 2.60. The molecular weight excluding hydrogens is 300 g/mol. The molecule has 1 heterocycles. The topological polar surface area (TPSA) is 6.48 Å². The Balaban J connectivity index is 0.000000231. The van der Waals surface area contributed by atoms with Crippen LogP contribution in [0.25, 0.3) is 0 Å². The van der Waals surface area contributed by atoms with Gasteiger partial charge in [0.15, 0.2) is 0 Å². The minimum atomic E-state index is 0. The first kappa shape index (κ1) is 16.7. The standard InChI is InChI=1S/C13H13N2.C5H5.Fe/c1-14-10-15(11-6-2-3-7-11)13-9-5-4-8-12(13)14;1-2-4-5-3-1;/h2-9H,10H2,1H3;1-5H;/q;;+2. The fourth-order valence-corrected chi connectivity index (χ4v) is 2.46. The van der Waals surface area contributed by atoms with Crippen LogP contribution in [0.15, 0.2) is 24.3 Å². The minimum Gasteiger partial charge on any atom is -0.355 e. The molecule has 21 heavy (non-hydrogen) atoms. The van der Waals surface area contributed by atoms with E-state index in [0.29, 0.717) is 0 Å². The van der Waals surface area contributed by atoms with Gasteiger partial charge in [-0.05, 0) is 69.9 Å². The van der Waals surface area contributed by atoms with Gasteiger partial charge >= 0.3 is 17.1 Å². The Bertz CT molecular complexity index is 417. The number of hydrogen-bond donors (Lipinski definition) is 0. The van der Waals surface area contributed by atoms with Crippen LogP contribution in [-0.2, 0) is 17.1 Å². The molecule has 0 saturated heterocycles. The fraction of sp³-hybridized carbons (Fsp3) is 0.111. The summed E-state index contributed by atoms with van der Waals surface area (Å²) in [6.45, 7) is 0.934. The first-order valence-electron chi connectivity index (χ1n) is 6.82. The first-order valence-corrected chi connectivity index (χ1v) is 6.82. The maximum absolute atomic E-state index is 2.33. The zero-order valence-corrected chi connectivity index (χ0v) is 13.1. The van der Waals surface area contributed by atoms with Crippen LogP contribution in [0.4, 0.5) is 11.4 Å². The van der Waals surface area contributed by atoms with E-state index >= 15 is 0 Å². The molecule has 2 nitrogen and oxygen atoms in total. The van der Waals surface area contributed by atoms with Crippen molar-refractivity contribution in [2.75, 3.05) is 23.5 Å². The van der Waals surface area contributed by atoms with Crippen molar-refractivity contribution in [3.05, 3.63) is 88.1 Å². The Hall–Kier alpha value is -0.661. The van der Waals surface area contributed by atoms with Gasteiger partial charge in [-0.25, -0.2) is 0 Å². The van der Waals surface area contributed by atoms with E-state index in [1.807, 2.05) is 32.1 Å². The van der Waals surface area contributed by atoms with Crippen molar-refractivity contribution in [2.24, 2.45) is 0 Å². The van der Waals surface area contributed by atoms with Gasteiger partial charge in [0.2, 0.25) is 0 Å². The predicted molar refractivity (Wildman–Crippen MR) is 84.1 cm³/mol. The van der Waals surface area contributed by atoms with E-state index in [4.69, 9.17) is 0 Å². The van der Waals surface area contributed by atoms with E-state index in [-0.39, 0.29) is 17.1 Å². The molecule has 0 N–H and O–H groups in total. The van der Waals surface area contributed by atoms with E-state index in [2.05, 4.69) is 66.8 Å². The summed E-state index contributed by atoms with van der Waals surface area (Å²) in [5, 5.41) is 0. The maximum Gasteiger partial charge on any atom is 2.00 e. The molecule has 3 heteroatoms. The van der Waals surface area contributed by atoms with Crippen molar-refractivity contribution < 1.29 is 17.1 Å². The van der Waals surface area contributed by atoms with E-state index in [1.54, 1.807) is 0 Å². The number of benzene rings is 1. The average Bonchev–Trinajstić information content (AvgIpc) is 3.23. The van der Waals surface area contributed by atoms with E-state index in [1.165, 1.54) is 17.4 Å². The van der Waals surface area contributed by atoms with Gasteiger partial charge in [-0.3, -0.25) is 0 Å². The number of anilines is 2. The molecule has 2 aliphatic carbocycles. The normalized spacial score (nSPS) is 20.8. The number of rotatable bonds is 1. The molecule has 0 spiro atoms. The van der Waals surface area contributed by atoms with E-state index < -0.39 is 0 Å². The zero-order chi connectivity index (χ0) is 13.8. The van der Waals surface area contributed by atoms with Crippen LogP contribution in [-0.4, -0.2) is 13.7 Å². The molecule has 0 unspecified atom stereocenters. The van der Waals surface area contributed by atoms with Gasteiger partial charge in [0.25, 0.3) is 0 Å². The average molecular weight is 318 g/mol. The molecule has 0 bridgehead atoms. The van der Waals surface area contributed by atoms with Crippen molar-refractivity contribution in [3.63, 3.8) is 0 Å². The Morgan fingerprint density at radius 1 is 0.762 bits per heavy atom. The summed E-state index contributed by atoms with van der Waals surface area (Å²) in [4.78, 5) is 4.59. The monoisotopic (exact) mass is 318 g/mol. The largest absolute Gasteiger partial charge is 2.00 e. The van der Waals surface area contributed by atoms with Crippen molar-refractivity contribution >= 4 is 11.4 Å². The molecule has 2 fully saturated rings. The van der Waals surface area contributed by atoms with Gasteiger partial charge in [0.05, 0.1) is 24.1 Å². The molecule has 0 aromatic heterocycles. The van der Waals surface area contributed by atoms with Crippen LogP contribution in [0, 0.1) is 63.8 Å². The van der Waals surface area contributed by atoms with Gasteiger partial charge in [0, 0.05) is 7.05 Å². The van der Waals surface area contributed by atoms with Crippen LogP contribution < -0.4 is 9.80 Å². The van der Waals surface area contributed by atoms with Gasteiger partial charge in [-0.2, -0.15) is 0 Å². The van der Waals surface area contributed by atoms with E-state index in [0.717, 1.165) is 6.67 Å². The molecule has 0 atom stereocenters. The van der Waals surface area contributed by atoms with Gasteiger partial charge in [-0.1, -0.05) is 12.1 Å². The van der Waals surface area contributed by atoms with Crippen molar-refractivity contribution in [3.8, 4) is 0 Å². The van der Waals surface area contributed by atoms with Crippen LogP contribution in [0.3, 0.4) is 0 Å². The second-order valence-corrected chi connectivity index (χ2v) is 4.86. The zero-order valence-electron chi connectivity index (χ0n) is 12.0. The van der Waals surface area contributed by atoms with Crippen LogP contribution in [0.2, 0.25) is 0 Å². The Morgan fingerprint density at radius 3 is 1.86 bits per heavy atom. The second kappa shape index (κ2) is 8.10. The summed E-state index contributed by atoms with van der Waals surface area (Å²) < 4.78 is 0. The predicted octanol–water partition coefficient (Wildman–Crippen LogP) is 3.28. The third-order valence-electron chi connectivity index (χ3n) is 3.45. The minimum absolute atomic E-state index is 0. The third kappa shape index (κ3) is 3.96. The smallest absolute Gasteiger partial charge is 0.355 e. The number of para-hydroxylation sites is 2. The summed E-state index contributed by atoms with van der Waals surface area (Å²) in [7, 11) is 2.13. The van der Waals surface area contributed by atoms with Crippen molar-refractivity contribution in [1.82, 2.24) is 0 Å². The van der Waals surface area contributed by atoms with Gasteiger partial charge in [-0.15, -0.1) is 0 Å². The van der Waals surface area contributed by atoms with Crippen LogP contribution in [0.1, 0.15) is 0 Å². The molecular formula is C18H18FeN2+2. The summed E-state index contributed by atoms with van der Waals surface area (Å²) in [6, 6.07) is 9.79. The Morgan fingerprint density at radius 2 is 1.29 bits per heavy atom. The Kier molecular flexibility index (Phi) is 6.44.